The molecule has 0 aliphatic carbocycles. The standard InChI is InChI=1S/C52H32N4S/c1-4-15-33(16-5-1)44-32-45(54-52(53-44)34-17-6-2-7-18-34)43-24-14-23-42-39-28-27-36(31-48(39)57-51(42)43)56-47-26-13-11-22-38(47)41-30-29-40-37-21-10-12-25-46(37)55(49(40)50(41)56)35-19-8-3-9-20-35/h1-32H. The van der Waals surface area contributed by atoms with Crippen LogP contribution in [0.2, 0.25) is 0 Å². The molecule has 0 radical (unpaired) electrons. The van der Waals surface area contributed by atoms with Gasteiger partial charge in [-0.1, -0.05) is 152 Å². The van der Waals surface area contributed by atoms with Gasteiger partial charge in [-0.05, 0) is 42.5 Å². The van der Waals surface area contributed by atoms with Crippen molar-refractivity contribution in [1.82, 2.24) is 19.1 Å². The van der Waals surface area contributed by atoms with E-state index in [-0.39, 0.29) is 0 Å². The van der Waals surface area contributed by atoms with Gasteiger partial charge in [0.2, 0.25) is 0 Å². The fourth-order valence-electron chi connectivity index (χ4n) is 8.80. The predicted molar refractivity (Wildman–Crippen MR) is 240 cm³/mol. The zero-order valence-electron chi connectivity index (χ0n) is 30.7. The second-order valence-electron chi connectivity index (χ2n) is 14.6. The zero-order valence-corrected chi connectivity index (χ0v) is 31.5. The van der Waals surface area contributed by atoms with Gasteiger partial charge in [0.25, 0.3) is 0 Å². The Morgan fingerprint density at radius 1 is 0.368 bits per heavy atom. The second kappa shape index (κ2) is 12.6. The molecule has 4 aromatic heterocycles. The fourth-order valence-corrected chi connectivity index (χ4v) is 10.1. The first-order chi connectivity index (χ1) is 28.3. The van der Waals surface area contributed by atoms with Crippen LogP contribution in [0.1, 0.15) is 0 Å². The van der Waals surface area contributed by atoms with Crippen molar-refractivity contribution >= 4 is 75.1 Å². The third kappa shape index (κ3) is 4.93. The first-order valence-electron chi connectivity index (χ1n) is 19.3. The van der Waals surface area contributed by atoms with E-state index < -0.39 is 0 Å². The van der Waals surface area contributed by atoms with Crippen LogP contribution in [-0.2, 0) is 0 Å². The Morgan fingerprint density at radius 2 is 0.912 bits per heavy atom. The van der Waals surface area contributed by atoms with Gasteiger partial charge in [0.15, 0.2) is 5.82 Å². The number of hydrogen-bond donors (Lipinski definition) is 0. The van der Waals surface area contributed by atoms with E-state index in [1.54, 1.807) is 0 Å². The average Bonchev–Trinajstić information content (AvgIpc) is 3.94. The summed E-state index contributed by atoms with van der Waals surface area (Å²) in [6, 6.07) is 69.4. The van der Waals surface area contributed by atoms with Gasteiger partial charge in [0, 0.05) is 69.8 Å². The van der Waals surface area contributed by atoms with Gasteiger partial charge in [-0.3, -0.25) is 0 Å². The van der Waals surface area contributed by atoms with Crippen molar-refractivity contribution in [3.8, 4) is 45.3 Å². The molecule has 0 atom stereocenters. The lowest BCUT2D eigenvalue weighted by Gasteiger charge is -2.12. The number of aromatic nitrogens is 4. The maximum absolute atomic E-state index is 5.22. The lowest BCUT2D eigenvalue weighted by atomic mass is 10.0. The van der Waals surface area contributed by atoms with Crippen molar-refractivity contribution in [2.24, 2.45) is 0 Å². The number of hydrogen-bond acceptors (Lipinski definition) is 3. The zero-order chi connectivity index (χ0) is 37.5. The van der Waals surface area contributed by atoms with Gasteiger partial charge in [0.05, 0.1) is 33.5 Å². The average molecular weight is 745 g/mol. The Labute approximate surface area is 332 Å². The lowest BCUT2D eigenvalue weighted by Crippen LogP contribution is -1.98. The van der Waals surface area contributed by atoms with Crippen LogP contribution in [0.3, 0.4) is 0 Å². The van der Waals surface area contributed by atoms with Gasteiger partial charge >= 0.3 is 0 Å². The maximum Gasteiger partial charge on any atom is 0.160 e. The summed E-state index contributed by atoms with van der Waals surface area (Å²) in [5.74, 6) is 0.720. The molecule has 0 unspecified atom stereocenters. The summed E-state index contributed by atoms with van der Waals surface area (Å²) < 4.78 is 7.38. The SMILES string of the molecule is c1ccc(-c2cc(-c3cccc4c3sc3cc(-n5c6ccccc6c6ccc7c8ccccc8n(-c8ccccc8)c7c65)ccc34)nc(-c3ccccc3)n2)cc1. The van der Waals surface area contributed by atoms with E-state index in [9.17, 15) is 0 Å². The van der Waals surface area contributed by atoms with Gasteiger partial charge in [-0.2, -0.15) is 0 Å². The summed E-state index contributed by atoms with van der Waals surface area (Å²) in [5, 5.41) is 7.44. The molecule has 0 amide bonds. The van der Waals surface area contributed by atoms with Crippen molar-refractivity contribution in [2.75, 3.05) is 0 Å². The van der Waals surface area contributed by atoms with Crippen LogP contribution in [-0.4, -0.2) is 19.1 Å². The molecule has 0 aliphatic heterocycles. The number of nitrogens with zero attached hydrogens (tertiary/aromatic N) is 4. The van der Waals surface area contributed by atoms with Gasteiger partial charge in [-0.25, -0.2) is 9.97 Å². The van der Waals surface area contributed by atoms with Crippen molar-refractivity contribution in [1.29, 1.82) is 0 Å². The van der Waals surface area contributed by atoms with Gasteiger partial charge in [-0.15, -0.1) is 11.3 Å². The number of rotatable bonds is 5. The summed E-state index contributed by atoms with van der Waals surface area (Å²) in [7, 11) is 0. The molecule has 0 saturated heterocycles. The molecule has 0 fully saturated rings. The summed E-state index contributed by atoms with van der Waals surface area (Å²) in [6.07, 6.45) is 0. The van der Waals surface area contributed by atoms with Crippen molar-refractivity contribution < 1.29 is 0 Å². The molecule has 4 heterocycles. The molecule has 57 heavy (non-hydrogen) atoms. The highest BCUT2D eigenvalue weighted by atomic mass is 32.1. The minimum atomic E-state index is 0.720. The monoisotopic (exact) mass is 744 g/mol. The van der Waals surface area contributed by atoms with Crippen molar-refractivity contribution in [3.63, 3.8) is 0 Å². The fraction of sp³-hybridized carbons (Fsp3) is 0. The minimum Gasteiger partial charge on any atom is -0.307 e. The van der Waals surface area contributed by atoms with Crippen LogP contribution in [0.25, 0.3) is 109 Å². The number of benzene rings is 8. The van der Waals surface area contributed by atoms with E-state index in [1.807, 2.05) is 35.6 Å². The molecular weight excluding hydrogens is 713 g/mol. The lowest BCUT2D eigenvalue weighted by molar-refractivity contribution is 1.15. The first-order valence-corrected chi connectivity index (χ1v) is 20.1. The van der Waals surface area contributed by atoms with Crippen LogP contribution in [0, 0.1) is 0 Å². The van der Waals surface area contributed by atoms with Crippen molar-refractivity contribution in [2.45, 2.75) is 0 Å². The predicted octanol–water partition coefficient (Wildman–Crippen LogP) is 14.0. The van der Waals surface area contributed by atoms with E-state index in [4.69, 9.17) is 9.97 Å². The Balaban J connectivity index is 1.11. The van der Waals surface area contributed by atoms with E-state index in [0.29, 0.717) is 0 Å². The van der Waals surface area contributed by atoms with Gasteiger partial charge < -0.3 is 9.13 Å². The summed E-state index contributed by atoms with van der Waals surface area (Å²) in [4.78, 5) is 10.3. The topological polar surface area (TPSA) is 35.6 Å². The molecule has 0 saturated carbocycles. The number of thiophene rings is 1. The van der Waals surface area contributed by atoms with Crippen LogP contribution in [0.15, 0.2) is 194 Å². The second-order valence-corrected chi connectivity index (χ2v) is 15.6. The molecule has 0 N–H and O–H groups in total. The Bertz CT molecular complexity index is 3450. The number of para-hydroxylation sites is 3. The highest BCUT2D eigenvalue weighted by molar-refractivity contribution is 7.26. The van der Waals surface area contributed by atoms with Gasteiger partial charge in [0.1, 0.15) is 0 Å². The van der Waals surface area contributed by atoms with Crippen molar-refractivity contribution in [3.05, 3.63) is 194 Å². The van der Waals surface area contributed by atoms with Crippen LogP contribution in [0.4, 0.5) is 0 Å². The van der Waals surface area contributed by atoms with Crippen LogP contribution in [0.5, 0.6) is 0 Å². The largest absolute Gasteiger partial charge is 0.307 e. The van der Waals surface area contributed by atoms with E-state index >= 15 is 0 Å². The van der Waals surface area contributed by atoms with Crippen LogP contribution < -0.4 is 0 Å². The maximum atomic E-state index is 5.22. The normalized spacial score (nSPS) is 11.9. The quantitative estimate of drug-likeness (QED) is 0.176. The molecule has 0 spiro atoms. The van der Waals surface area contributed by atoms with E-state index in [2.05, 4.69) is 179 Å². The molecule has 8 aromatic carbocycles. The molecule has 4 nitrogen and oxygen atoms in total. The molecular formula is C52H32N4S. The third-order valence-electron chi connectivity index (χ3n) is 11.3. The highest BCUT2D eigenvalue weighted by Crippen LogP contribution is 2.44. The molecule has 266 valence electrons. The Kier molecular flexibility index (Phi) is 7.06. The molecule has 12 rings (SSSR count). The highest BCUT2D eigenvalue weighted by Gasteiger charge is 2.22. The first kappa shape index (κ1) is 32.0. The Morgan fingerprint density at radius 3 is 1.60 bits per heavy atom. The smallest absolute Gasteiger partial charge is 0.160 e. The summed E-state index contributed by atoms with van der Waals surface area (Å²) >= 11 is 1.84. The molecule has 12 aromatic rings. The number of fused-ring (bicyclic) bond motifs is 10. The summed E-state index contributed by atoms with van der Waals surface area (Å²) in [5.41, 5.74) is 12.1. The molecule has 5 heteroatoms. The van der Waals surface area contributed by atoms with E-state index in [0.717, 1.165) is 45.3 Å². The van der Waals surface area contributed by atoms with Crippen LogP contribution >= 0.6 is 11.3 Å². The summed E-state index contributed by atoms with van der Waals surface area (Å²) in [6.45, 7) is 0. The Hall–Kier alpha value is -7.34. The molecule has 0 aliphatic rings. The van der Waals surface area contributed by atoms with E-state index in [1.165, 1.54) is 63.8 Å². The molecule has 0 bridgehead atoms. The minimum absolute atomic E-state index is 0.720. The third-order valence-corrected chi connectivity index (χ3v) is 12.5.